The van der Waals surface area contributed by atoms with E-state index >= 15 is 0 Å². The van der Waals surface area contributed by atoms with E-state index in [1.54, 1.807) is 6.07 Å². The zero-order valence-electron chi connectivity index (χ0n) is 17.5. The molecule has 1 aliphatic rings. The largest absolute Gasteiger partial charge is 0.452 e. The van der Waals surface area contributed by atoms with E-state index in [2.05, 4.69) is 24.1 Å². The number of aromatic nitrogens is 1. The number of carbonyl (C=O) groups excluding carboxylic acids is 2. The molecule has 1 aromatic heterocycles. The Morgan fingerprint density at radius 1 is 1.25 bits per heavy atom. The van der Waals surface area contributed by atoms with Crippen molar-refractivity contribution in [3.63, 3.8) is 0 Å². The van der Waals surface area contributed by atoms with Gasteiger partial charge in [0.25, 0.3) is 11.6 Å². The summed E-state index contributed by atoms with van der Waals surface area (Å²) < 4.78 is 5.00. The van der Waals surface area contributed by atoms with Crippen LogP contribution in [0.2, 0.25) is 10.0 Å². The Morgan fingerprint density at radius 2 is 1.94 bits per heavy atom. The van der Waals surface area contributed by atoms with Crippen LogP contribution in [0.15, 0.2) is 30.5 Å². The van der Waals surface area contributed by atoms with Crippen molar-refractivity contribution in [3.8, 4) is 0 Å². The topological polar surface area (TPSA) is 115 Å². The van der Waals surface area contributed by atoms with E-state index in [0.29, 0.717) is 35.6 Å². The minimum absolute atomic E-state index is 0.0194. The molecule has 11 heteroatoms. The molecule has 0 radical (unpaired) electrons. The Labute approximate surface area is 194 Å². The number of nitro benzene ring substituents is 1. The number of nitrogens with one attached hydrogen (secondary N) is 1. The molecule has 1 aliphatic heterocycles. The fourth-order valence-corrected chi connectivity index (χ4v) is 4.24. The SMILES string of the molecule is C[C@H]1C[C@H](C)CN(c2ccc(C(=O)OCC(=O)Nc3ncc(Cl)cc3Cl)cc2[N+](=O)[O-])C1. The second-order valence-corrected chi connectivity index (χ2v) is 8.76. The number of nitrogens with zero attached hydrogens (tertiary/aromatic N) is 3. The van der Waals surface area contributed by atoms with Gasteiger partial charge in [0.05, 0.1) is 20.5 Å². The number of hydrogen-bond acceptors (Lipinski definition) is 7. The molecule has 170 valence electrons. The van der Waals surface area contributed by atoms with Gasteiger partial charge in [-0.25, -0.2) is 9.78 Å². The van der Waals surface area contributed by atoms with Crippen LogP contribution in [0, 0.1) is 22.0 Å². The van der Waals surface area contributed by atoms with Gasteiger partial charge in [-0.3, -0.25) is 14.9 Å². The van der Waals surface area contributed by atoms with Gasteiger partial charge < -0.3 is 15.0 Å². The van der Waals surface area contributed by atoms with E-state index in [9.17, 15) is 19.7 Å². The number of benzene rings is 1. The Balaban J connectivity index is 1.68. The lowest BCUT2D eigenvalue weighted by Crippen LogP contribution is -2.39. The van der Waals surface area contributed by atoms with Crippen LogP contribution in [0.1, 0.15) is 30.6 Å². The third kappa shape index (κ3) is 5.86. The van der Waals surface area contributed by atoms with Gasteiger partial charge in [-0.15, -0.1) is 0 Å². The van der Waals surface area contributed by atoms with Gasteiger partial charge in [-0.05, 0) is 36.5 Å². The van der Waals surface area contributed by atoms with Crippen LogP contribution in [0.3, 0.4) is 0 Å². The number of carbonyl (C=O) groups is 2. The van der Waals surface area contributed by atoms with E-state index in [1.807, 2.05) is 4.90 Å². The van der Waals surface area contributed by atoms with Gasteiger partial charge in [0, 0.05) is 25.4 Å². The minimum Gasteiger partial charge on any atom is -0.452 e. The van der Waals surface area contributed by atoms with E-state index < -0.39 is 23.4 Å². The molecule has 0 unspecified atom stereocenters. The van der Waals surface area contributed by atoms with Gasteiger partial charge in [0.2, 0.25) is 0 Å². The molecule has 0 bridgehead atoms. The Bertz CT molecular complexity index is 1040. The van der Waals surface area contributed by atoms with E-state index in [1.165, 1.54) is 24.4 Å². The van der Waals surface area contributed by atoms with Gasteiger partial charge in [0.15, 0.2) is 12.4 Å². The zero-order valence-corrected chi connectivity index (χ0v) is 19.0. The van der Waals surface area contributed by atoms with Crippen molar-refractivity contribution in [2.24, 2.45) is 11.8 Å². The lowest BCUT2D eigenvalue weighted by molar-refractivity contribution is -0.384. The van der Waals surface area contributed by atoms with Crippen molar-refractivity contribution < 1.29 is 19.2 Å². The van der Waals surface area contributed by atoms with Gasteiger partial charge in [-0.1, -0.05) is 37.0 Å². The number of halogens is 2. The highest BCUT2D eigenvalue weighted by Crippen LogP contribution is 2.34. The van der Waals surface area contributed by atoms with Gasteiger partial charge in [0.1, 0.15) is 5.69 Å². The first kappa shape index (κ1) is 23.7. The number of ether oxygens (including phenoxy) is 1. The molecular weight excluding hydrogens is 459 g/mol. The van der Waals surface area contributed by atoms with Crippen molar-refractivity contribution in [1.29, 1.82) is 0 Å². The number of hydrogen-bond donors (Lipinski definition) is 1. The maximum absolute atomic E-state index is 12.4. The second-order valence-electron chi connectivity index (χ2n) is 7.92. The predicted octanol–water partition coefficient (Wildman–Crippen LogP) is 4.57. The second kappa shape index (κ2) is 10.1. The summed E-state index contributed by atoms with van der Waals surface area (Å²) in [5.74, 6) is -0.639. The average molecular weight is 481 g/mol. The first-order chi connectivity index (χ1) is 15.1. The number of pyridine rings is 1. The predicted molar refractivity (Wildman–Crippen MR) is 121 cm³/mol. The molecule has 2 aromatic rings. The van der Waals surface area contributed by atoms with Crippen LogP contribution < -0.4 is 10.2 Å². The van der Waals surface area contributed by atoms with Crippen LogP contribution in [-0.2, 0) is 9.53 Å². The number of nitro groups is 1. The summed E-state index contributed by atoms with van der Waals surface area (Å²) in [6, 6.07) is 5.60. The molecule has 0 spiro atoms. The molecule has 2 atom stereocenters. The lowest BCUT2D eigenvalue weighted by Gasteiger charge is -2.36. The number of piperidine rings is 1. The lowest BCUT2D eigenvalue weighted by atomic mass is 9.91. The van der Waals surface area contributed by atoms with E-state index in [4.69, 9.17) is 27.9 Å². The standard InChI is InChI=1S/C21H22Cl2N4O5/c1-12-5-13(2)10-26(9-12)17-4-3-14(6-18(17)27(30)31)21(29)32-11-19(28)25-20-16(23)7-15(22)8-24-20/h3-4,6-8,12-13H,5,9-11H2,1-2H3,(H,24,25,28)/t12-,13-/m0/s1. The quantitative estimate of drug-likeness (QED) is 0.365. The Morgan fingerprint density at radius 3 is 2.56 bits per heavy atom. The number of amides is 1. The molecule has 1 saturated heterocycles. The molecule has 3 rings (SSSR count). The monoisotopic (exact) mass is 480 g/mol. The minimum atomic E-state index is -0.856. The first-order valence-corrected chi connectivity index (χ1v) is 10.7. The molecule has 1 N–H and O–H groups in total. The van der Waals surface area contributed by atoms with Crippen LogP contribution in [0.4, 0.5) is 17.2 Å². The summed E-state index contributed by atoms with van der Waals surface area (Å²) in [4.78, 5) is 41.4. The third-order valence-corrected chi connectivity index (χ3v) is 5.51. The molecule has 32 heavy (non-hydrogen) atoms. The van der Waals surface area contributed by atoms with Crippen LogP contribution in [-0.4, -0.2) is 41.5 Å². The summed E-state index contributed by atoms with van der Waals surface area (Å²) in [6.07, 6.45) is 2.37. The Hall–Kier alpha value is -2.91. The molecule has 0 aliphatic carbocycles. The van der Waals surface area contributed by atoms with Gasteiger partial charge in [-0.2, -0.15) is 0 Å². The highest BCUT2D eigenvalue weighted by atomic mass is 35.5. The number of rotatable bonds is 6. The van der Waals surface area contributed by atoms with Crippen molar-refractivity contribution in [3.05, 3.63) is 56.2 Å². The van der Waals surface area contributed by atoms with Crippen LogP contribution in [0.5, 0.6) is 0 Å². The fraction of sp³-hybridized carbons (Fsp3) is 0.381. The third-order valence-electron chi connectivity index (χ3n) is 5.02. The Kier molecular flexibility index (Phi) is 7.52. The molecule has 1 fully saturated rings. The summed E-state index contributed by atoms with van der Waals surface area (Å²) in [5, 5.41) is 14.5. The fourth-order valence-electron chi connectivity index (χ4n) is 3.81. The molecule has 0 saturated carbocycles. The molecular formula is C21H22Cl2N4O5. The van der Waals surface area contributed by atoms with Crippen molar-refractivity contribution >= 4 is 52.3 Å². The molecule has 1 amide bonds. The van der Waals surface area contributed by atoms with Crippen LogP contribution in [0.25, 0.3) is 0 Å². The normalized spacial score (nSPS) is 18.2. The maximum atomic E-state index is 12.4. The summed E-state index contributed by atoms with van der Waals surface area (Å²) in [5.41, 5.74) is 0.266. The highest BCUT2D eigenvalue weighted by molar-refractivity contribution is 6.36. The van der Waals surface area contributed by atoms with Crippen LogP contribution >= 0.6 is 23.2 Å². The molecule has 9 nitrogen and oxygen atoms in total. The smallest absolute Gasteiger partial charge is 0.338 e. The van der Waals surface area contributed by atoms with Crippen molar-refractivity contribution in [1.82, 2.24) is 4.98 Å². The molecule has 1 aromatic carbocycles. The number of esters is 1. The van der Waals surface area contributed by atoms with E-state index in [-0.39, 0.29) is 22.1 Å². The van der Waals surface area contributed by atoms with Crippen molar-refractivity contribution in [2.45, 2.75) is 20.3 Å². The first-order valence-electron chi connectivity index (χ1n) is 9.95. The maximum Gasteiger partial charge on any atom is 0.338 e. The molecule has 2 heterocycles. The summed E-state index contributed by atoms with van der Waals surface area (Å²) >= 11 is 11.7. The summed E-state index contributed by atoms with van der Waals surface area (Å²) in [7, 11) is 0. The van der Waals surface area contributed by atoms with Crippen molar-refractivity contribution in [2.75, 3.05) is 29.9 Å². The summed E-state index contributed by atoms with van der Waals surface area (Å²) in [6.45, 7) is 5.01. The highest BCUT2D eigenvalue weighted by Gasteiger charge is 2.28. The number of anilines is 2. The van der Waals surface area contributed by atoms with Gasteiger partial charge >= 0.3 is 5.97 Å². The van der Waals surface area contributed by atoms with E-state index in [0.717, 1.165) is 6.42 Å². The zero-order chi connectivity index (χ0) is 23.4. The average Bonchev–Trinajstić information content (AvgIpc) is 2.73.